The summed E-state index contributed by atoms with van der Waals surface area (Å²) >= 11 is 3.42. The summed E-state index contributed by atoms with van der Waals surface area (Å²) in [6, 6.07) is 10.7. The molecule has 0 spiro atoms. The molecular formula is C14H13BrN2O2. The number of carbonyl (C=O) groups is 1. The van der Waals surface area contributed by atoms with E-state index in [4.69, 9.17) is 10.8 Å². The molecule has 19 heavy (non-hydrogen) atoms. The Morgan fingerprint density at radius 1 is 1.32 bits per heavy atom. The summed E-state index contributed by atoms with van der Waals surface area (Å²) in [6.07, 6.45) is 0. The first-order valence-corrected chi connectivity index (χ1v) is 6.42. The van der Waals surface area contributed by atoms with Gasteiger partial charge in [-0.2, -0.15) is 0 Å². The quantitative estimate of drug-likeness (QED) is 0.752. The lowest BCUT2D eigenvalue weighted by Gasteiger charge is -2.12. The number of aromatic carboxylic acids is 1. The molecule has 0 aliphatic heterocycles. The van der Waals surface area contributed by atoms with Crippen molar-refractivity contribution in [2.45, 2.75) is 6.92 Å². The maximum atomic E-state index is 11.0. The first kappa shape index (κ1) is 13.4. The maximum absolute atomic E-state index is 11.0. The number of carboxylic acids is 1. The molecule has 0 aliphatic rings. The van der Waals surface area contributed by atoms with Gasteiger partial charge in [0.25, 0.3) is 0 Å². The number of halogens is 1. The minimum Gasteiger partial charge on any atom is -0.478 e. The molecule has 4 N–H and O–H groups in total. The van der Waals surface area contributed by atoms with Gasteiger partial charge in [-0.25, -0.2) is 4.79 Å². The molecule has 0 bridgehead atoms. The summed E-state index contributed by atoms with van der Waals surface area (Å²) in [4.78, 5) is 11.0. The minimum atomic E-state index is -1.04. The van der Waals surface area contributed by atoms with E-state index in [2.05, 4.69) is 21.2 Å². The average Bonchev–Trinajstić information content (AvgIpc) is 2.30. The Bertz CT molecular complexity index is 621. The van der Waals surface area contributed by atoms with Gasteiger partial charge in [-0.05, 0) is 42.8 Å². The third-order valence-electron chi connectivity index (χ3n) is 2.66. The van der Waals surface area contributed by atoms with E-state index in [0.29, 0.717) is 5.69 Å². The van der Waals surface area contributed by atoms with E-state index in [1.165, 1.54) is 6.07 Å². The van der Waals surface area contributed by atoms with Gasteiger partial charge in [0.05, 0.1) is 16.9 Å². The van der Waals surface area contributed by atoms with Crippen molar-refractivity contribution in [3.8, 4) is 0 Å². The molecule has 0 radical (unpaired) electrons. The van der Waals surface area contributed by atoms with Crippen molar-refractivity contribution in [1.29, 1.82) is 0 Å². The number of aryl methyl sites for hydroxylation is 1. The van der Waals surface area contributed by atoms with Gasteiger partial charge in [0.1, 0.15) is 0 Å². The minimum absolute atomic E-state index is 0.0942. The van der Waals surface area contributed by atoms with Crippen LogP contribution in [0.2, 0.25) is 0 Å². The Morgan fingerprint density at radius 2 is 2.05 bits per heavy atom. The van der Waals surface area contributed by atoms with E-state index in [9.17, 15) is 4.79 Å². The maximum Gasteiger partial charge on any atom is 0.337 e. The number of nitrogens with one attached hydrogen (secondary N) is 1. The van der Waals surface area contributed by atoms with Crippen LogP contribution in [-0.2, 0) is 0 Å². The van der Waals surface area contributed by atoms with Crippen molar-refractivity contribution in [3.05, 3.63) is 52.0 Å². The topological polar surface area (TPSA) is 75.3 Å². The van der Waals surface area contributed by atoms with Crippen molar-refractivity contribution in [2.24, 2.45) is 0 Å². The Morgan fingerprint density at radius 3 is 2.68 bits per heavy atom. The molecule has 2 rings (SSSR count). The molecule has 0 unspecified atom stereocenters. The predicted molar refractivity (Wildman–Crippen MR) is 80.0 cm³/mol. The van der Waals surface area contributed by atoms with Gasteiger partial charge in [0.15, 0.2) is 0 Å². The van der Waals surface area contributed by atoms with Crippen LogP contribution in [-0.4, -0.2) is 11.1 Å². The third kappa shape index (κ3) is 3.06. The van der Waals surface area contributed by atoms with Crippen LogP contribution < -0.4 is 11.1 Å². The second-order valence-electron chi connectivity index (χ2n) is 4.21. The van der Waals surface area contributed by atoms with Crippen molar-refractivity contribution in [3.63, 3.8) is 0 Å². The van der Waals surface area contributed by atoms with Gasteiger partial charge in [0, 0.05) is 10.2 Å². The summed E-state index contributed by atoms with van der Waals surface area (Å²) in [5, 5.41) is 12.2. The largest absolute Gasteiger partial charge is 0.478 e. The summed E-state index contributed by atoms with van der Waals surface area (Å²) < 4.78 is 0.947. The van der Waals surface area contributed by atoms with Gasteiger partial charge in [-0.1, -0.05) is 22.0 Å². The van der Waals surface area contributed by atoms with Crippen LogP contribution in [0.5, 0.6) is 0 Å². The second-order valence-corrected chi connectivity index (χ2v) is 5.13. The molecule has 2 aromatic carbocycles. The zero-order valence-corrected chi connectivity index (χ0v) is 11.9. The number of para-hydroxylation sites is 1. The van der Waals surface area contributed by atoms with E-state index in [1.54, 1.807) is 12.1 Å². The molecule has 4 nitrogen and oxygen atoms in total. The highest BCUT2D eigenvalue weighted by Gasteiger charge is 2.11. The molecule has 0 aromatic heterocycles. The zero-order valence-electron chi connectivity index (χ0n) is 10.3. The number of nitrogens with two attached hydrogens (primary N) is 1. The van der Waals surface area contributed by atoms with E-state index in [0.717, 1.165) is 15.7 Å². The molecule has 0 saturated carbocycles. The van der Waals surface area contributed by atoms with Gasteiger partial charge in [-0.15, -0.1) is 0 Å². The molecule has 98 valence electrons. The lowest BCUT2D eigenvalue weighted by Crippen LogP contribution is -2.05. The Hall–Kier alpha value is -2.01. The summed E-state index contributed by atoms with van der Waals surface area (Å²) in [6.45, 7) is 1.98. The van der Waals surface area contributed by atoms with Crippen LogP contribution in [0.4, 0.5) is 17.1 Å². The number of rotatable bonds is 3. The van der Waals surface area contributed by atoms with Crippen LogP contribution >= 0.6 is 15.9 Å². The second kappa shape index (κ2) is 5.32. The molecule has 0 aliphatic carbocycles. The fourth-order valence-electron chi connectivity index (χ4n) is 1.82. The standard InChI is InChI=1S/C14H13BrN2O2/c1-8-5-9(15)7-10(6-8)17-12-4-2-3-11(13(12)16)14(18)19/h2-7,17H,16H2,1H3,(H,18,19). The third-order valence-corrected chi connectivity index (χ3v) is 3.12. The van der Waals surface area contributed by atoms with Gasteiger partial charge in [-0.3, -0.25) is 0 Å². The number of benzene rings is 2. The Kier molecular flexibility index (Phi) is 3.76. The molecule has 2 aromatic rings. The van der Waals surface area contributed by atoms with E-state index in [1.807, 2.05) is 25.1 Å². The summed E-state index contributed by atoms with van der Waals surface area (Å²) in [5.41, 5.74) is 8.69. The van der Waals surface area contributed by atoms with Crippen molar-refractivity contribution in [1.82, 2.24) is 0 Å². The number of carboxylic acid groups (broad SMARTS) is 1. The zero-order chi connectivity index (χ0) is 14.0. The first-order valence-electron chi connectivity index (χ1n) is 5.63. The fraction of sp³-hybridized carbons (Fsp3) is 0.0714. The molecule has 0 atom stereocenters. The Balaban J connectivity index is 2.38. The predicted octanol–water partition coefficient (Wildman–Crippen LogP) is 3.78. The molecule has 0 heterocycles. The van der Waals surface area contributed by atoms with Crippen LogP contribution in [0.25, 0.3) is 0 Å². The SMILES string of the molecule is Cc1cc(Br)cc(Nc2cccc(C(=O)O)c2N)c1. The molecule has 0 fully saturated rings. The van der Waals surface area contributed by atoms with Crippen LogP contribution in [0, 0.1) is 6.92 Å². The average molecular weight is 321 g/mol. The van der Waals surface area contributed by atoms with Gasteiger partial charge in [0.2, 0.25) is 0 Å². The number of anilines is 3. The smallest absolute Gasteiger partial charge is 0.337 e. The molecule has 0 amide bonds. The number of hydrogen-bond donors (Lipinski definition) is 3. The molecule has 5 heteroatoms. The van der Waals surface area contributed by atoms with Gasteiger partial charge < -0.3 is 16.2 Å². The fourth-order valence-corrected chi connectivity index (χ4v) is 2.43. The highest BCUT2D eigenvalue weighted by Crippen LogP contribution is 2.28. The highest BCUT2D eigenvalue weighted by molar-refractivity contribution is 9.10. The van der Waals surface area contributed by atoms with Crippen LogP contribution in [0.3, 0.4) is 0 Å². The van der Waals surface area contributed by atoms with Crippen molar-refractivity contribution >= 4 is 39.0 Å². The summed E-state index contributed by atoms with van der Waals surface area (Å²) in [5.74, 6) is -1.04. The molecule has 0 saturated heterocycles. The van der Waals surface area contributed by atoms with Crippen LogP contribution in [0.1, 0.15) is 15.9 Å². The molecular weight excluding hydrogens is 308 g/mol. The summed E-state index contributed by atoms with van der Waals surface area (Å²) in [7, 11) is 0. The van der Waals surface area contributed by atoms with Gasteiger partial charge >= 0.3 is 5.97 Å². The monoisotopic (exact) mass is 320 g/mol. The first-order chi connectivity index (χ1) is 8.97. The van der Waals surface area contributed by atoms with Crippen LogP contribution in [0.15, 0.2) is 40.9 Å². The lowest BCUT2D eigenvalue weighted by atomic mass is 10.1. The number of hydrogen-bond acceptors (Lipinski definition) is 3. The van der Waals surface area contributed by atoms with Crippen molar-refractivity contribution < 1.29 is 9.90 Å². The normalized spacial score (nSPS) is 10.2. The Labute approximate surface area is 119 Å². The van der Waals surface area contributed by atoms with Crippen molar-refractivity contribution in [2.75, 3.05) is 11.1 Å². The van der Waals surface area contributed by atoms with E-state index < -0.39 is 5.97 Å². The highest BCUT2D eigenvalue weighted by atomic mass is 79.9. The van der Waals surface area contributed by atoms with E-state index in [-0.39, 0.29) is 11.3 Å². The van der Waals surface area contributed by atoms with E-state index >= 15 is 0 Å². The lowest BCUT2D eigenvalue weighted by molar-refractivity contribution is 0.0698. The number of nitrogen functional groups attached to an aromatic ring is 1.